The van der Waals surface area contributed by atoms with Gasteiger partial charge < -0.3 is 24.7 Å². The van der Waals surface area contributed by atoms with Gasteiger partial charge in [0.2, 0.25) is 0 Å². The SMILES string of the molecule is CC(C)(C)COc1ccc2c(c1)[C@]1(COC(N)=N1)c1cc([C@@H]3CCCOC3)ccc1O2. The van der Waals surface area contributed by atoms with Crippen molar-refractivity contribution >= 4 is 6.02 Å². The van der Waals surface area contributed by atoms with E-state index in [-0.39, 0.29) is 11.4 Å². The van der Waals surface area contributed by atoms with Gasteiger partial charge in [0, 0.05) is 23.7 Å². The summed E-state index contributed by atoms with van der Waals surface area (Å²) in [6.45, 7) is 9.00. The molecule has 0 aliphatic carbocycles. The average Bonchev–Trinajstić information content (AvgIpc) is 3.15. The van der Waals surface area contributed by atoms with Crippen LogP contribution in [0, 0.1) is 5.41 Å². The molecule has 0 bridgehead atoms. The maximum absolute atomic E-state index is 6.29. The van der Waals surface area contributed by atoms with E-state index < -0.39 is 5.54 Å². The minimum atomic E-state index is -0.736. The molecule has 2 N–H and O–H groups in total. The van der Waals surface area contributed by atoms with Crippen LogP contribution >= 0.6 is 0 Å². The van der Waals surface area contributed by atoms with Crippen molar-refractivity contribution in [2.24, 2.45) is 16.1 Å². The van der Waals surface area contributed by atoms with Crippen LogP contribution in [0.4, 0.5) is 0 Å². The molecule has 2 atom stereocenters. The molecular weight excluding hydrogens is 392 g/mol. The Morgan fingerprint density at radius 1 is 1.13 bits per heavy atom. The van der Waals surface area contributed by atoms with Crippen LogP contribution in [-0.2, 0) is 15.0 Å². The quantitative estimate of drug-likeness (QED) is 0.776. The van der Waals surface area contributed by atoms with Crippen LogP contribution in [0.25, 0.3) is 0 Å². The minimum absolute atomic E-state index is 0.0622. The lowest BCUT2D eigenvalue weighted by molar-refractivity contribution is 0.0803. The van der Waals surface area contributed by atoms with E-state index in [9.17, 15) is 0 Å². The van der Waals surface area contributed by atoms with Gasteiger partial charge >= 0.3 is 0 Å². The fourth-order valence-corrected chi connectivity index (χ4v) is 4.50. The Bertz CT molecular complexity index is 1020. The van der Waals surface area contributed by atoms with Crippen LogP contribution in [0.5, 0.6) is 17.2 Å². The minimum Gasteiger partial charge on any atom is -0.493 e. The molecule has 0 amide bonds. The van der Waals surface area contributed by atoms with Gasteiger partial charge in [-0.25, -0.2) is 4.99 Å². The first-order chi connectivity index (χ1) is 14.8. The predicted octanol–water partition coefficient (Wildman–Crippen LogP) is 4.70. The van der Waals surface area contributed by atoms with Crippen molar-refractivity contribution in [2.75, 3.05) is 26.4 Å². The Morgan fingerprint density at radius 3 is 2.58 bits per heavy atom. The van der Waals surface area contributed by atoms with Crippen molar-refractivity contribution in [2.45, 2.75) is 45.1 Å². The van der Waals surface area contributed by atoms with E-state index in [1.807, 2.05) is 24.3 Å². The number of ether oxygens (including phenoxy) is 4. The second kappa shape index (κ2) is 7.45. The first kappa shape index (κ1) is 20.2. The predicted molar refractivity (Wildman–Crippen MR) is 119 cm³/mol. The van der Waals surface area contributed by atoms with Crippen molar-refractivity contribution < 1.29 is 18.9 Å². The highest BCUT2D eigenvalue weighted by atomic mass is 16.5. The molecule has 6 nitrogen and oxygen atoms in total. The molecule has 3 aliphatic heterocycles. The summed E-state index contributed by atoms with van der Waals surface area (Å²) < 4.78 is 23.8. The van der Waals surface area contributed by atoms with Gasteiger partial charge in [0.05, 0.1) is 13.2 Å². The monoisotopic (exact) mass is 422 g/mol. The molecule has 31 heavy (non-hydrogen) atoms. The highest BCUT2D eigenvalue weighted by molar-refractivity contribution is 5.77. The Morgan fingerprint density at radius 2 is 1.90 bits per heavy atom. The smallest absolute Gasteiger partial charge is 0.283 e. The zero-order chi connectivity index (χ0) is 21.6. The number of aliphatic imine (C=N–C) groups is 1. The molecule has 3 aliphatic rings. The first-order valence-corrected chi connectivity index (χ1v) is 11.0. The van der Waals surface area contributed by atoms with Crippen LogP contribution < -0.4 is 15.2 Å². The summed E-state index contributed by atoms with van der Waals surface area (Å²) in [6, 6.07) is 12.5. The summed E-state index contributed by atoms with van der Waals surface area (Å²) >= 11 is 0. The fourth-order valence-electron chi connectivity index (χ4n) is 4.50. The van der Waals surface area contributed by atoms with Gasteiger partial charge in [0.25, 0.3) is 6.02 Å². The summed E-state index contributed by atoms with van der Waals surface area (Å²) in [7, 11) is 0. The molecular formula is C25H30N2O4. The average molecular weight is 423 g/mol. The second-order valence-corrected chi connectivity index (χ2v) is 9.88. The lowest BCUT2D eigenvalue weighted by Gasteiger charge is -2.35. The molecule has 0 radical (unpaired) electrons. The molecule has 1 spiro atoms. The van der Waals surface area contributed by atoms with E-state index in [2.05, 4.69) is 32.9 Å². The van der Waals surface area contributed by atoms with E-state index in [4.69, 9.17) is 29.7 Å². The Balaban J connectivity index is 1.57. The van der Waals surface area contributed by atoms with Gasteiger partial charge in [-0.1, -0.05) is 26.8 Å². The number of nitrogens with two attached hydrogens (primary N) is 1. The third-order valence-corrected chi connectivity index (χ3v) is 6.10. The molecule has 5 rings (SSSR count). The maximum atomic E-state index is 6.29. The Kier molecular flexibility index (Phi) is 4.85. The Labute approximate surface area is 183 Å². The van der Waals surface area contributed by atoms with Gasteiger partial charge in [0.15, 0.2) is 5.54 Å². The summed E-state index contributed by atoms with van der Waals surface area (Å²) in [6.07, 6.45) is 2.20. The number of hydrogen-bond donors (Lipinski definition) is 1. The van der Waals surface area contributed by atoms with E-state index in [0.29, 0.717) is 19.1 Å². The number of amidine groups is 1. The van der Waals surface area contributed by atoms with Crippen molar-refractivity contribution in [1.82, 2.24) is 0 Å². The van der Waals surface area contributed by atoms with Crippen LogP contribution in [-0.4, -0.2) is 32.4 Å². The van der Waals surface area contributed by atoms with Gasteiger partial charge in [-0.15, -0.1) is 0 Å². The van der Waals surface area contributed by atoms with Crippen molar-refractivity contribution in [1.29, 1.82) is 0 Å². The summed E-state index contributed by atoms with van der Waals surface area (Å²) in [4.78, 5) is 4.80. The third-order valence-electron chi connectivity index (χ3n) is 6.10. The van der Waals surface area contributed by atoms with Crippen LogP contribution in [0.15, 0.2) is 41.4 Å². The maximum Gasteiger partial charge on any atom is 0.283 e. The zero-order valence-electron chi connectivity index (χ0n) is 18.4. The normalized spacial score (nSPS) is 24.6. The summed E-state index contributed by atoms with van der Waals surface area (Å²) in [5.41, 5.74) is 8.50. The van der Waals surface area contributed by atoms with E-state index in [1.165, 1.54) is 5.56 Å². The van der Waals surface area contributed by atoms with Crippen molar-refractivity contribution in [3.8, 4) is 17.2 Å². The lowest BCUT2D eigenvalue weighted by atomic mass is 9.79. The molecule has 0 saturated carbocycles. The van der Waals surface area contributed by atoms with Gasteiger partial charge in [-0.05, 0) is 54.2 Å². The summed E-state index contributed by atoms with van der Waals surface area (Å²) in [5, 5.41) is 0. The molecule has 2 aromatic carbocycles. The van der Waals surface area contributed by atoms with Crippen LogP contribution in [0.3, 0.4) is 0 Å². The number of benzene rings is 2. The zero-order valence-corrected chi connectivity index (χ0v) is 18.4. The topological polar surface area (TPSA) is 75.3 Å². The molecule has 0 aromatic heterocycles. The summed E-state index contributed by atoms with van der Waals surface area (Å²) in [5.74, 6) is 2.71. The largest absolute Gasteiger partial charge is 0.493 e. The van der Waals surface area contributed by atoms with Gasteiger partial charge in [0.1, 0.15) is 23.9 Å². The highest BCUT2D eigenvalue weighted by Gasteiger charge is 2.47. The van der Waals surface area contributed by atoms with Crippen LogP contribution in [0.2, 0.25) is 0 Å². The van der Waals surface area contributed by atoms with Crippen molar-refractivity contribution in [3.05, 3.63) is 53.1 Å². The number of fused-ring (bicyclic) bond motifs is 4. The first-order valence-electron chi connectivity index (χ1n) is 11.0. The highest BCUT2D eigenvalue weighted by Crippen LogP contribution is 2.52. The second-order valence-electron chi connectivity index (χ2n) is 9.88. The molecule has 6 heteroatoms. The van der Waals surface area contributed by atoms with Crippen LogP contribution in [0.1, 0.15) is 56.2 Å². The Hall–Kier alpha value is -2.73. The van der Waals surface area contributed by atoms with E-state index in [0.717, 1.165) is 54.4 Å². The molecule has 1 fully saturated rings. The fraction of sp³-hybridized carbons (Fsp3) is 0.480. The lowest BCUT2D eigenvalue weighted by Crippen LogP contribution is -2.31. The van der Waals surface area contributed by atoms with Crippen molar-refractivity contribution in [3.63, 3.8) is 0 Å². The molecule has 0 unspecified atom stereocenters. The van der Waals surface area contributed by atoms with Gasteiger partial charge in [-0.2, -0.15) is 0 Å². The molecule has 164 valence electrons. The third kappa shape index (κ3) is 3.74. The number of rotatable bonds is 3. The molecule has 2 aromatic rings. The number of nitrogens with zero attached hydrogens (tertiary/aromatic N) is 1. The number of hydrogen-bond acceptors (Lipinski definition) is 6. The van der Waals surface area contributed by atoms with Gasteiger partial charge in [-0.3, -0.25) is 0 Å². The van der Waals surface area contributed by atoms with E-state index in [1.54, 1.807) is 0 Å². The van der Waals surface area contributed by atoms with E-state index >= 15 is 0 Å². The molecule has 1 saturated heterocycles. The molecule has 3 heterocycles. The standard InChI is InChI=1S/C25H30N2O4/c1-24(2,3)14-29-18-7-9-22-20(12-18)25(15-30-23(26)27-25)19-11-16(6-8-21(19)31-22)17-5-4-10-28-13-17/h6-9,11-12,17H,4-5,10,13-15H2,1-3H3,(H2,26,27)/t17-,25+/m1/s1.